The van der Waals surface area contributed by atoms with Crippen LogP contribution in [0.5, 0.6) is 0 Å². The van der Waals surface area contributed by atoms with E-state index in [0.717, 1.165) is 6.07 Å². The van der Waals surface area contributed by atoms with Gasteiger partial charge in [-0.25, -0.2) is 4.39 Å². The van der Waals surface area contributed by atoms with Crippen molar-refractivity contribution in [1.82, 2.24) is 4.90 Å². The van der Waals surface area contributed by atoms with Crippen molar-refractivity contribution in [3.05, 3.63) is 34.6 Å². The molecular formula is C12H14BrClFNO. The van der Waals surface area contributed by atoms with Gasteiger partial charge >= 0.3 is 0 Å². The number of amides is 1. The highest BCUT2D eigenvalue weighted by Crippen LogP contribution is 2.17. The summed E-state index contributed by atoms with van der Waals surface area (Å²) in [5.74, 6) is -0.892. The average Bonchev–Trinajstić information content (AvgIpc) is 2.24. The Morgan fingerprint density at radius 1 is 1.53 bits per heavy atom. The first kappa shape index (κ1) is 14.5. The molecule has 0 aliphatic carbocycles. The summed E-state index contributed by atoms with van der Waals surface area (Å²) in [6.45, 7) is 4.33. The maximum absolute atomic E-state index is 13.6. The van der Waals surface area contributed by atoms with Crippen LogP contribution in [-0.4, -0.2) is 28.7 Å². The largest absolute Gasteiger partial charge is 0.335 e. The molecule has 0 unspecified atom stereocenters. The Morgan fingerprint density at radius 3 is 2.65 bits per heavy atom. The van der Waals surface area contributed by atoms with E-state index in [-0.39, 0.29) is 22.5 Å². The predicted molar refractivity (Wildman–Crippen MR) is 71.4 cm³/mol. The highest BCUT2D eigenvalue weighted by molar-refractivity contribution is 9.09. The second-order valence-corrected chi connectivity index (χ2v) is 5.13. The van der Waals surface area contributed by atoms with Crippen LogP contribution in [0.3, 0.4) is 0 Å². The van der Waals surface area contributed by atoms with Crippen molar-refractivity contribution in [2.24, 2.45) is 0 Å². The fraction of sp³-hybridized carbons (Fsp3) is 0.417. The van der Waals surface area contributed by atoms with Gasteiger partial charge < -0.3 is 4.90 Å². The van der Waals surface area contributed by atoms with Gasteiger partial charge in [0, 0.05) is 22.9 Å². The van der Waals surface area contributed by atoms with Gasteiger partial charge in [0.25, 0.3) is 5.91 Å². The van der Waals surface area contributed by atoms with Crippen LogP contribution in [0.2, 0.25) is 5.02 Å². The summed E-state index contributed by atoms with van der Waals surface area (Å²) >= 11 is 8.93. The van der Waals surface area contributed by atoms with Crippen molar-refractivity contribution in [3.8, 4) is 0 Å². The van der Waals surface area contributed by atoms with Gasteiger partial charge in [0.1, 0.15) is 5.82 Å². The summed E-state index contributed by atoms with van der Waals surface area (Å²) in [5.41, 5.74) is 0.0593. The van der Waals surface area contributed by atoms with Gasteiger partial charge in [0.2, 0.25) is 0 Å². The van der Waals surface area contributed by atoms with E-state index in [9.17, 15) is 9.18 Å². The lowest BCUT2D eigenvalue weighted by Gasteiger charge is -2.26. The standard InChI is InChI=1S/C12H14BrClFNO/c1-8(2)16(6-5-13)12(17)10-4-3-9(14)7-11(10)15/h3-4,7-8H,5-6H2,1-2H3. The minimum absolute atomic E-state index is 0.0233. The third kappa shape index (κ3) is 3.68. The monoisotopic (exact) mass is 321 g/mol. The van der Waals surface area contributed by atoms with E-state index in [1.54, 1.807) is 4.90 Å². The smallest absolute Gasteiger partial charge is 0.257 e. The first-order chi connectivity index (χ1) is 7.97. The third-order valence-corrected chi connectivity index (χ3v) is 2.96. The molecule has 5 heteroatoms. The van der Waals surface area contributed by atoms with Crippen molar-refractivity contribution in [2.75, 3.05) is 11.9 Å². The Labute approximate surface area is 114 Å². The Morgan fingerprint density at radius 2 is 2.18 bits per heavy atom. The third-order valence-electron chi connectivity index (χ3n) is 2.37. The van der Waals surface area contributed by atoms with Crippen LogP contribution in [0, 0.1) is 5.82 Å². The van der Waals surface area contributed by atoms with Crippen molar-refractivity contribution in [1.29, 1.82) is 0 Å². The molecule has 0 aromatic heterocycles. The van der Waals surface area contributed by atoms with Crippen LogP contribution in [0.25, 0.3) is 0 Å². The lowest BCUT2D eigenvalue weighted by atomic mass is 10.1. The van der Waals surface area contributed by atoms with Gasteiger partial charge in [-0.2, -0.15) is 0 Å². The zero-order chi connectivity index (χ0) is 13.0. The maximum atomic E-state index is 13.6. The summed E-state index contributed by atoms with van der Waals surface area (Å²) in [6, 6.07) is 4.12. The van der Waals surface area contributed by atoms with Crippen LogP contribution >= 0.6 is 27.5 Å². The van der Waals surface area contributed by atoms with Crippen LogP contribution in [0.4, 0.5) is 4.39 Å². The molecule has 0 fully saturated rings. The second-order valence-electron chi connectivity index (χ2n) is 3.91. The molecule has 0 atom stereocenters. The van der Waals surface area contributed by atoms with Crippen molar-refractivity contribution in [2.45, 2.75) is 19.9 Å². The maximum Gasteiger partial charge on any atom is 0.257 e. The van der Waals surface area contributed by atoms with Gasteiger partial charge in [0.15, 0.2) is 0 Å². The van der Waals surface area contributed by atoms with Crippen molar-refractivity contribution in [3.63, 3.8) is 0 Å². The number of benzene rings is 1. The first-order valence-corrected chi connectivity index (χ1v) is 6.79. The zero-order valence-electron chi connectivity index (χ0n) is 9.71. The molecule has 0 N–H and O–H groups in total. The second kappa shape index (κ2) is 6.36. The topological polar surface area (TPSA) is 20.3 Å². The predicted octanol–water partition coefficient (Wildman–Crippen LogP) is 3.72. The van der Waals surface area contributed by atoms with E-state index in [1.165, 1.54) is 12.1 Å². The minimum Gasteiger partial charge on any atom is -0.335 e. The highest BCUT2D eigenvalue weighted by atomic mass is 79.9. The van der Waals surface area contributed by atoms with E-state index < -0.39 is 5.82 Å². The fourth-order valence-electron chi connectivity index (χ4n) is 1.50. The Balaban J connectivity index is 3.01. The van der Waals surface area contributed by atoms with E-state index in [4.69, 9.17) is 11.6 Å². The molecule has 94 valence electrons. The Bertz CT molecular complexity index is 411. The summed E-state index contributed by atoms with van der Waals surface area (Å²) < 4.78 is 13.6. The molecule has 0 bridgehead atoms. The summed E-state index contributed by atoms with van der Waals surface area (Å²) in [6.07, 6.45) is 0. The Hall–Kier alpha value is -0.610. The van der Waals surface area contributed by atoms with Gasteiger partial charge in [0.05, 0.1) is 5.56 Å². The van der Waals surface area contributed by atoms with Crippen LogP contribution < -0.4 is 0 Å². The summed E-state index contributed by atoms with van der Waals surface area (Å²) in [5, 5.41) is 0.946. The molecule has 1 amide bonds. The molecule has 2 nitrogen and oxygen atoms in total. The quantitative estimate of drug-likeness (QED) is 0.774. The fourth-order valence-corrected chi connectivity index (χ4v) is 2.04. The van der Waals surface area contributed by atoms with Crippen LogP contribution in [0.15, 0.2) is 18.2 Å². The molecule has 0 radical (unpaired) electrons. The Kier molecular flexibility index (Phi) is 5.40. The zero-order valence-corrected chi connectivity index (χ0v) is 12.1. The molecule has 0 heterocycles. The number of alkyl halides is 1. The minimum atomic E-state index is -0.581. The lowest BCUT2D eigenvalue weighted by molar-refractivity contribution is 0.0714. The molecule has 1 aromatic rings. The molecule has 0 saturated carbocycles. The van der Waals surface area contributed by atoms with Gasteiger partial charge in [-0.15, -0.1) is 0 Å². The summed E-state index contributed by atoms with van der Waals surface area (Å²) in [4.78, 5) is 13.7. The number of rotatable bonds is 4. The SMILES string of the molecule is CC(C)N(CCBr)C(=O)c1ccc(Cl)cc1F. The highest BCUT2D eigenvalue weighted by Gasteiger charge is 2.21. The van der Waals surface area contributed by atoms with Crippen molar-refractivity contribution >= 4 is 33.4 Å². The molecular weight excluding hydrogens is 308 g/mol. The van der Waals surface area contributed by atoms with Crippen LogP contribution in [-0.2, 0) is 0 Å². The van der Waals surface area contributed by atoms with Gasteiger partial charge in [-0.05, 0) is 32.0 Å². The van der Waals surface area contributed by atoms with Gasteiger partial charge in [-0.3, -0.25) is 4.79 Å². The number of nitrogens with zero attached hydrogens (tertiary/aromatic N) is 1. The van der Waals surface area contributed by atoms with Crippen LogP contribution in [0.1, 0.15) is 24.2 Å². The molecule has 17 heavy (non-hydrogen) atoms. The van der Waals surface area contributed by atoms with Crippen molar-refractivity contribution < 1.29 is 9.18 Å². The summed E-state index contributed by atoms with van der Waals surface area (Å²) in [7, 11) is 0. The molecule has 0 saturated heterocycles. The number of carbonyl (C=O) groups excluding carboxylic acids is 1. The first-order valence-electron chi connectivity index (χ1n) is 5.29. The van der Waals surface area contributed by atoms with E-state index in [1.807, 2.05) is 13.8 Å². The molecule has 0 spiro atoms. The van der Waals surface area contributed by atoms with E-state index in [0.29, 0.717) is 11.9 Å². The number of halogens is 3. The number of carbonyl (C=O) groups is 1. The average molecular weight is 323 g/mol. The molecule has 1 rings (SSSR count). The van der Waals surface area contributed by atoms with Gasteiger partial charge in [-0.1, -0.05) is 27.5 Å². The number of hydrogen-bond donors (Lipinski definition) is 0. The molecule has 1 aromatic carbocycles. The molecule has 0 aliphatic heterocycles. The lowest BCUT2D eigenvalue weighted by Crippen LogP contribution is -2.38. The van der Waals surface area contributed by atoms with E-state index in [2.05, 4.69) is 15.9 Å². The molecule has 0 aliphatic rings. The normalized spacial score (nSPS) is 10.7. The number of hydrogen-bond acceptors (Lipinski definition) is 1. The van der Waals surface area contributed by atoms with E-state index >= 15 is 0 Å².